The maximum absolute atomic E-state index is 13.0. The van der Waals surface area contributed by atoms with Gasteiger partial charge in [-0.25, -0.2) is 24.9 Å². The average molecular weight is 963 g/mol. The summed E-state index contributed by atoms with van der Waals surface area (Å²) < 4.78 is 6.03. The number of ether oxygens (including phenoxy) is 1. The molecule has 69 heavy (non-hydrogen) atoms. The number of rotatable bonds is 16. The molecular weight excluding hydrogens is 890 g/mol. The first-order valence-electron chi connectivity index (χ1n) is 24.8. The van der Waals surface area contributed by atoms with Crippen molar-refractivity contribution >= 4 is 40.7 Å². The number of piperidine rings is 2. The molecule has 1 aromatic carbocycles. The number of aromatic hydroxyl groups is 1. The summed E-state index contributed by atoms with van der Waals surface area (Å²) in [6.45, 7) is 22.7. The highest BCUT2D eigenvalue weighted by Gasteiger charge is 2.53. The lowest BCUT2D eigenvalue weighted by atomic mass is 9.52. The highest BCUT2D eigenvalue weighted by atomic mass is 35.5. The number of amides is 1. The lowest BCUT2D eigenvalue weighted by Gasteiger charge is -2.57. The second kappa shape index (κ2) is 23.7. The number of phenolic OH excluding ortho intramolecular Hbond substituents is 1. The number of nitrogens with two attached hydrogens (primary N) is 1. The van der Waals surface area contributed by atoms with Crippen molar-refractivity contribution in [2.24, 2.45) is 22.5 Å². The van der Waals surface area contributed by atoms with Crippen molar-refractivity contribution in [3.05, 3.63) is 88.7 Å². The number of pyridine rings is 1. The number of allylic oxidation sites excluding steroid dienone is 1. The lowest BCUT2D eigenvalue weighted by Crippen LogP contribution is -2.63. The molecule has 6 heterocycles. The number of hydrogen-bond acceptors (Lipinski definition) is 15. The zero-order chi connectivity index (χ0) is 49.0. The first-order chi connectivity index (χ1) is 33.2. The summed E-state index contributed by atoms with van der Waals surface area (Å²) in [7, 11) is 0. The quantitative estimate of drug-likeness (QED) is 0.0795. The maximum Gasteiger partial charge on any atom is 0.254 e. The number of benzene rings is 1. The summed E-state index contributed by atoms with van der Waals surface area (Å²) in [5.74, 6) is 4.50. The van der Waals surface area contributed by atoms with Crippen LogP contribution >= 0.6 is 11.6 Å². The average Bonchev–Trinajstić information content (AvgIpc) is 3.35. The number of carbonyl (C=O) groups excluding carboxylic acids is 1. The van der Waals surface area contributed by atoms with Gasteiger partial charge in [0.25, 0.3) is 5.91 Å². The molecule has 5 N–H and O–H groups in total. The normalized spacial score (nSPS) is 18.9. The van der Waals surface area contributed by atoms with Crippen molar-refractivity contribution in [2.75, 3.05) is 87.2 Å². The van der Waals surface area contributed by atoms with Crippen LogP contribution in [0.2, 0.25) is 5.02 Å². The summed E-state index contributed by atoms with van der Waals surface area (Å²) in [6.07, 6.45) is 15.6. The first kappa shape index (κ1) is 51.1. The maximum atomic E-state index is 13.0. The Balaban J connectivity index is 0.000000625. The number of carbonyl (C=O) groups is 1. The lowest BCUT2D eigenvalue weighted by molar-refractivity contribution is -0.0366. The number of nitrogens with one attached hydrogen (secondary N) is 2. The molecule has 0 radical (unpaired) electrons. The van der Waals surface area contributed by atoms with Crippen molar-refractivity contribution < 1.29 is 14.6 Å². The van der Waals surface area contributed by atoms with Crippen LogP contribution in [-0.4, -0.2) is 124 Å². The number of aromatic nitrogens is 5. The summed E-state index contributed by atoms with van der Waals surface area (Å²) in [4.78, 5) is 46.2. The molecule has 4 aromatic rings. The SMILES string of the molecule is CC/C(=C/N)c1nc(NCc2ccc(OCCCN3CCN(CC4CCN(c5ncc(C(=O)NC6C(C)(C)CC6(C)C)cn5)CC4)CC3)nc2)cc(N2CCCCC2)n1.N#Cc1ccc(O)cc1Cl. The van der Waals surface area contributed by atoms with Gasteiger partial charge in [-0.1, -0.05) is 52.3 Å². The Labute approximate surface area is 413 Å². The summed E-state index contributed by atoms with van der Waals surface area (Å²) >= 11 is 5.55. The number of nitrogens with zero attached hydrogens (tertiary/aromatic N) is 10. The molecule has 4 aliphatic rings. The standard InChI is InChI=1S/C45H68N12O2.C7H4ClNO/c1-6-35(26-46)40-51-37(25-38(52-40)56-16-8-7-9-17-56)47-27-34-11-12-39(48-28-34)59-24-10-15-54-20-22-55(23-21-54)31-33-13-18-57(19-14-33)43-49-29-36(30-50-43)41(58)53-42-44(2,3)32-45(42,4)5;8-7-3-6(10)2-1-5(7)4-9/h11-12,25-26,28-30,33,42H,6-10,13-24,27,31-32,46H2,1-5H3,(H,53,58)(H,47,51,52);1-3,10H/b35-26-;. The molecule has 1 amide bonds. The van der Waals surface area contributed by atoms with Crippen LogP contribution < -0.4 is 30.9 Å². The minimum absolute atomic E-state index is 0.0731. The second-order valence-corrected chi connectivity index (χ2v) is 20.7. The largest absolute Gasteiger partial charge is 0.508 e. The number of piperazine rings is 1. The van der Waals surface area contributed by atoms with Crippen LogP contribution in [0.25, 0.3) is 5.57 Å². The monoisotopic (exact) mass is 962 g/mol. The Hall–Kier alpha value is -5.76. The molecule has 4 fully saturated rings. The van der Waals surface area contributed by atoms with Gasteiger partial charge in [0.1, 0.15) is 23.5 Å². The van der Waals surface area contributed by atoms with Crippen molar-refractivity contribution in [1.29, 1.82) is 5.26 Å². The molecular formula is C52H72ClN13O3. The van der Waals surface area contributed by atoms with E-state index in [0.717, 1.165) is 126 Å². The van der Waals surface area contributed by atoms with Crippen LogP contribution in [0.1, 0.15) is 113 Å². The van der Waals surface area contributed by atoms with Crippen LogP contribution in [0, 0.1) is 28.1 Å². The van der Waals surface area contributed by atoms with E-state index in [-0.39, 0.29) is 33.6 Å². The topological polar surface area (TPSA) is 198 Å². The van der Waals surface area contributed by atoms with Gasteiger partial charge in [-0.05, 0) is 91.9 Å². The van der Waals surface area contributed by atoms with E-state index < -0.39 is 0 Å². The van der Waals surface area contributed by atoms with Crippen molar-refractivity contribution in [2.45, 2.75) is 98.6 Å². The van der Waals surface area contributed by atoms with Crippen LogP contribution in [-0.2, 0) is 6.54 Å². The third-order valence-electron chi connectivity index (χ3n) is 14.0. The molecule has 3 aliphatic heterocycles. The van der Waals surface area contributed by atoms with E-state index in [9.17, 15) is 4.79 Å². The molecule has 3 aromatic heterocycles. The molecule has 0 unspecified atom stereocenters. The van der Waals surface area contributed by atoms with E-state index in [1.54, 1.807) is 18.6 Å². The summed E-state index contributed by atoms with van der Waals surface area (Å²) in [6, 6.07) is 12.3. The van der Waals surface area contributed by atoms with E-state index in [0.29, 0.717) is 41.9 Å². The molecule has 8 rings (SSSR count). The molecule has 16 nitrogen and oxygen atoms in total. The minimum Gasteiger partial charge on any atom is -0.508 e. The Kier molecular flexibility index (Phi) is 17.6. The number of hydrogen-bond donors (Lipinski definition) is 4. The third kappa shape index (κ3) is 14.0. The van der Waals surface area contributed by atoms with E-state index in [1.807, 2.05) is 24.4 Å². The van der Waals surface area contributed by atoms with Crippen LogP contribution in [0.3, 0.4) is 0 Å². The number of phenols is 1. The molecule has 0 bridgehead atoms. The first-order valence-corrected chi connectivity index (χ1v) is 25.2. The van der Waals surface area contributed by atoms with Gasteiger partial charge in [0, 0.05) is 121 Å². The second-order valence-electron chi connectivity index (χ2n) is 20.3. The molecule has 3 saturated heterocycles. The van der Waals surface area contributed by atoms with Gasteiger partial charge in [0.2, 0.25) is 11.8 Å². The predicted octanol–water partition coefficient (Wildman–Crippen LogP) is 7.75. The van der Waals surface area contributed by atoms with Gasteiger partial charge in [-0.15, -0.1) is 0 Å². The van der Waals surface area contributed by atoms with Gasteiger partial charge in [0.05, 0.1) is 22.8 Å². The van der Waals surface area contributed by atoms with E-state index in [2.05, 4.69) is 85.9 Å². The summed E-state index contributed by atoms with van der Waals surface area (Å²) in [5.41, 5.74) is 9.04. The Morgan fingerprint density at radius 2 is 1.62 bits per heavy atom. The Morgan fingerprint density at radius 1 is 0.913 bits per heavy atom. The van der Waals surface area contributed by atoms with Crippen molar-refractivity contribution in [1.82, 2.24) is 40.0 Å². The zero-order valence-corrected chi connectivity index (χ0v) is 42.0. The van der Waals surface area contributed by atoms with Crippen molar-refractivity contribution in [3.8, 4) is 17.7 Å². The minimum atomic E-state index is -0.0822. The molecule has 0 atom stereocenters. The van der Waals surface area contributed by atoms with Crippen LogP contribution in [0.5, 0.6) is 11.6 Å². The molecule has 370 valence electrons. The molecule has 0 spiro atoms. The van der Waals surface area contributed by atoms with E-state index in [1.165, 1.54) is 37.5 Å². The van der Waals surface area contributed by atoms with E-state index >= 15 is 0 Å². The molecule has 17 heteroatoms. The van der Waals surface area contributed by atoms with Gasteiger partial charge in [-0.2, -0.15) is 5.26 Å². The number of halogens is 1. The molecule has 1 aliphatic carbocycles. The Bertz CT molecular complexity index is 2350. The van der Waals surface area contributed by atoms with Gasteiger partial charge < -0.3 is 45.8 Å². The highest BCUT2D eigenvalue weighted by molar-refractivity contribution is 6.31. The predicted molar refractivity (Wildman–Crippen MR) is 273 cm³/mol. The van der Waals surface area contributed by atoms with Gasteiger partial charge in [-0.3, -0.25) is 4.79 Å². The summed E-state index contributed by atoms with van der Waals surface area (Å²) in [5, 5.41) is 24.2. The fourth-order valence-electron chi connectivity index (χ4n) is 10.5. The number of nitriles is 1. The number of anilines is 3. The van der Waals surface area contributed by atoms with E-state index in [4.69, 9.17) is 42.4 Å². The molecule has 1 saturated carbocycles. The third-order valence-corrected chi connectivity index (χ3v) is 14.3. The highest BCUT2D eigenvalue weighted by Crippen LogP contribution is 2.53. The Morgan fingerprint density at radius 3 is 2.25 bits per heavy atom. The van der Waals surface area contributed by atoms with Crippen LogP contribution in [0.15, 0.2) is 61.2 Å². The van der Waals surface area contributed by atoms with Crippen molar-refractivity contribution in [3.63, 3.8) is 0 Å². The van der Waals surface area contributed by atoms with Crippen LogP contribution in [0.4, 0.5) is 17.6 Å². The zero-order valence-electron chi connectivity index (χ0n) is 41.3. The van der Waals surface area contributed by atoms with Gasteiger partial charge in [0.15, 0.2) is 5.82 Å². The fraction of sp³-hybridized carbons (Fsp3) is 0.558. The van der Waals surface area contributed by atoms with Gasteiger partial charge >= 0.3 is 0 Å². The smallest absolute Gasteiger partial charge is 0.254 e. The fourth-order valence-corrected chi connectivity index (χ4v) is 10.8.